The second-order valence-electron chi connectivity index (χ2n) is 7.10. The number of methoxy groups -OCH3 is 1. The number of likely N-dealkylation sites (tertiary alicyclic amines) is 2. The second kappa shape index (κ2) is 6.62. The third kappa shape index (κ3) is 3.15. The van der Waals surface area contributed by atoms with Gasteiger partial charge in [0.15, 0.2) is 0 Å². The van der Waals surface area contributed by atoms with Gasteiger partial charge in [0.1, 0.15) is 0 Å². The monoisotopic (exact) mass is 316 g/mol. The first-order valence-corrected chi connectivity index (χ1v) is 8.66. The molecule has 126 valence electrons. The quantitative estimate of drug-likeness (QED) is 0.856. The zero-order chi connectivity index (χ0) is 16.4. The van der Waals surface area contributed by atoms with Crippen LogP contribution in [0.5, 0.6) is 0 Å². The molecule has 2 aliphatic rings. The smallest absolute Gasteiger partial charge is 0.254 e. The van der Waals surface area contributed by atoms with Crippen molar-refractivity contribution in [1.82, 2.24) is 9.80 Å². The summed E-state index contributed by atoms with van der Waals surface area (Å²) in [5.74, 6) is 0.195. The predicted molar refractivity (Wildman–Crippen MR) is 91.9 cm³/mol. The van der Waals surface area contributed by atoms with Gasteiger partial charge in [-0.25, -0.2) is 0 Å². The fourth-order valence-corrected chi connectivity index (χ4v) is 4.11. The highest BCUT2D eigenvalue weighted by Gasteiger charge is 2.47. The second-order valence-corrected chi connectivity index (χ2v) is 7.10. The molecule has 4 heteroatoms. The van der Waals surface area contributed by atoms with Crippen molar-refractivity contribution in [3.05, 3.63) is 34.9 Å². The van der Waals surface area contributed by atoms with E-state index in [1.807, 2.05) is 19.1 Å². The topological polar surface area (TPSA) is 32.8 Å². The van der Waals surface area contributed by atoms with Crippen LogP contribution in [0.25, 0.3) is 0 Å². The van der Waals surface area contributed by atoms with Gasteiger partial charge in [0, 0.05) is 44.4 Å². The molecule has 4 nitrogen and oxygen atoms in total. The number of ether oxygens (including phenoxy) is 1. The summed E-state index contributed by atoms with van der Waals surface area (Å²) in [5, 5.41) is 0. The van der Waals surface area contributed by atoms with Crippen molar-refractivity contribution in [3.63, 3.8) is 0 Å². The number of carbonyl (C=O) groups is 1. The standard InChI is InChI=1S/C19H28N2O2/c1-15-5-6-17(16(2)13-15)18(22)20-9-4-7-19(14-20)8-10-21(19)11-12-23-3/h5-6,13H,4,7-12,14H2,1-3H3/t19-/m0/s1. The molecule has 0 unspecified atom stereocenters. The summed E-state index contributed by atoms with van der Waals surface area (Å²) in [7, 11) is 1.75. The molecule has 0 radical (unpaired) electrons. The third-order valence-electron chi connectivity index (χ3n) is 5.54. The van der Waals surface area contributed by atoms with E-state index in [4.69, 9.17) is 4.74 Å². The van der Waals surface area contributed by atoms with Crippen LogP contribution < -0.4 is 0 Å². The average molecular weight is 316 g/mol. The van der Waals surface area contributed by atoms with E-state index in [9.17, 15) is 4.79 Å². The molecule has 0 saturated carbocycles. The van der Waals surface area contributed by atoms with E-state index in [1.54, 1.807) is 7.11 Å². The Morgan fingerprint density at radius 3 is 2.74 bits per heavy atom. The fourth-order valence-electron chi connectivity index (χ4n) is 4.11. The highest BCUT2D eigenvalue weighted by molar-refractivity contribution is 5.95. The number of piperidine rings is 1. The Morgan fingerprint density at radius 2 is 2.09 bits per heavy atom. The molecule has 1 aromatic carbocycles. The molecule has 2 aliphatic heterocycles. The number of amides is 1. The first-order valence-electron chi connectivity index (χ1n) is 8.66. The SMILES string of the molecule is COCCN1CC[C@]12CCCN(C(=O)c1ccc(C)cc1C)C2. The molecule has 2 heterocycles. The van der Waals surface area contributed by atoms with Gasteiger partial charge in [-0.05, 0) is 44.7 Å². The van der Waals surface area contributed by atoms with Crippen LogP contribution in [-0.2, 0) is 4.74 Å². The van der Waals surface area contributed by atoms with Gasteiger partial charge in [-0.1, -0.05) is 17.7 Å². The van der Waals surface area contributed by atoms with Gasteiger partial charge >= 0.3 is 0 Å². The van der Waals surface area contributed by atoms with Crippen LogP contribution in [0, 0.1) is 13.8 Å². The number of rotatable bonds is 4. The van der Waals surface area contributed by atoms with Gasteiger partial charge in [0.2, 0.25) is 0 Å². The zero-order valence-electron chi connectivity index (χ0n) is 14.6. The minimum absolute atomic E-state index is 0.195. The molecule has 3 rings (SSSR count). The zero-order valence-corrected chi connectivity index (χ0v) is 14.6. The Kier molecular flexibility index (Phi) is 4.74. The lowest BCUT2D eigenvalue weighted by molar-refractivity contribution is -0.0679. The summed E-state index contributed by atoms with van der Waals surface area (Å²) < 4.78 is 5.23. The molecule has 23 heavy (non-hydrogen) atoms. The molecule has 0 aromatic heterocycles. The van der Waals surface area contributed by atoms with E-state index in [-0.39, 0.29) is 11.4 Å². The third-order valence-corrected chi connectivity index (χ3v) is 5.54. The van der Waals surface area contributed by atoms with E-state index in [1.165, 1.54) is 18.4 Å². The Balaban J connectivity index is 1.72. The van der Waals surface area contributed by atoms with Crippen LogP contribution in [0.15, 0.2) is 18.2 Å². The maximum absolute atomic E-state index is 13.0. The van der Waals surface area contributed by atoms with Gasteiger partial charge in [-0.3, -0.25) is 9.69 Å². The van der Waals surface area contributed by atoms with Crippen LogP contribution in [0.1, 0.15) is 40.7 Å². The van der Waals surface area contributed by atoms with Gasteiger partial charge in [0.25, 0.3) is 5.91 Å². The lowest BCUT2D eigenvalue weighted by atomic mass is 9.77. The lowest BCUT2D eigenvalue weighted by Crippen LogP contribution is -2.67. The van der Waals surface area contributed by atoms with Crippen molar-refractivity contribution in [2.45, 2.75) is 38.6 Å². The van der Waals surface area contributed by atoms with Crippen LogP contribution in [-0.4, -0.2) is 61.1 Å². The van der Waals surface area contributed by atoms with Crippen molar-refractivity contribution < 1.29 is 9.53 Å². The number of carbonyl (C=O) groups excluding carboxylic acids is 1. The Hall–Kier alpha value is -1.39. The van der Waals surface area contributed by atoms with Crippen molar-refractivity contribution in [3.8, 4) is 0 Å². The summed E-state index contributed by atoms with van der Waals surface area (Å²) in [6, 6.07) is 6.12. The van der Waals surface area contributed by atoms with Crippen LogP contribution in [0.4, 0.5) is 0 Å². The molecule has 2 fully saturated rings. The fraction of sp³-hybridized carbons (Fsp3) is 0.632. The summed E-state index contributed by atoms with van der Waals surface area (Å²) in [4.78, 5) is 17.5. The predicted octanol–water partition coefficient (Wildman–Crippen LogP) is 2.63. The normalized spacial score (nSPS) is 24.7. The van der Waals surface area contributed by atoms with Crippen LogP contribution in [0.3, 0.4) is 0 Å². The van der Waals surface area contributed by atoms with E-state index in [2.05, 4.69) is 22.8 Å². The minimum atomic E-state index is 0.195. The highest BCUT2D eigenvalue weighted by Crippen LogP contribution is 2.38. The summed E-state index contributed by atoms with van der Waals surface area (Å²) in [5.41, 5.74) is 3.35. The minimum Gasteiger partial charge on any atom is -0.383 e. The molecule has 0 bridgehead atoms. The summed E-state index contributed by atoms with van der Waals surface area (Å²) >= 11 is 0. The Labute approximate surface area is 139 Å². The maximum atomic E-state index is 13.0. The van der Waals surface area contributed by atoms with Crippen molar-refractivity contribution in [2.24, 2.45) is 0 Å². The summed E-state index contributed by atoms with van der Waals surface area (Å²) in [6.07, 6.45) is 3.50. The van der Waals surface area contributed by atoms with Crippen LogP contribution in [0.2, 0.25) is 0 Å². The van der Waals surface area contributed by atoms with Gasteiger partial charge < -0.3 is 9.64 Å². The van der Waals surface area contributed by atoms with Gasteiger partial charge in [-0.15, -0.1) is 0 Å². The van der Waals surface area contributed by atoms with Crippen molar-refractivity contribution in [1.29, 1.82) is 0 Å². The number of hydrogen-bond donors (Lipinski definition) is 0. The molecule has 1 amide bonds. The molecule has 2 saturated heterocycles. The maximum Gasteiger partial charge on any atom is 0.254 e. The first-order chi connectivity index (χ1) is 11.1. The molecule has 1 spiro atoms. The van der Waals surface area contributed by atoms with Gasteiger partial charge in [-0.2, -0.15) is 0 Å². The number of hydrogen-bond acceptors (Lipinski definition) is 3. The molecule has 1 atom stereocenters. The van der Waals surface area contributed by atoms with Crippen LogP contribution >= 0.6 is 0 Å². The number of nitrogens with zero attached hydrogens (tertiary/aromatic N) is 2. The van der Waals surface area contributed by atoms with Gasteiger partial charge in [0.05, 0.1) is 6.61 Å². The molecule has 0 N–H and O–H groups in total. The highest BCUT2D eigenvalue weighted by atomic mass is 16.5. The number of aryl methyl sites for hydroxylation is 2. The Bertz CT molecular complexity index is 587. The Morgan fingerprint density at radius 1 is 1.26 bits per heavy atom. The largest absolute Gasteiger partial charge is 0.383 e. The molecular weight excluding hydrogens is 288 g/mol. The van der Waals surface area contributed by atoms with E-state index in [0.717, 1.165) is 50.3 Å². The average Bonchev–Trinajstić information content (AvgIpc) is 2.54. The molecular formula is C19H28N2O2. The number of benzene rings is 1. The van der Waals surface area contributed by atoms with Crippen molar-refractivity contribution in [2.75, 3.05) is 39.9 Å². The van der Waals surface area contributed by atoms with E-state index >= 15 is 0 Å². The summed E-state index contributed by atoms with van der Waals surface area (Å²) in [6.45, 7) is 8.73. The van der Waals surface area contributed by atoms with E-state index in [0.29, 0.717) is 0 Å². The molecule has 0 aliphatic carbocycles. The van der Waals surface area contributed by atoms with Crippen molar-refractivity contribution >= 4 is 5.91 Å². The molecule has 1 aromatic rings. The van der Waals surface area contributed by atoms with E-state index < -0.39 is 0 Å². The first kappa shape index (κ1) is 16.5. The lowest BCUT2D eigenvalue weighted by Gasteiger charge is -2.57.